The van der Waals surface area contributed by atoms with Crippen LogP contribution in [0.2, 0.25) is 0 Å². The summed E-state index contributed by atoms with van der Waals surface area (Å²) in [5, 5.41) is 11.9. The van der Waals surface area contributed by atoms with Gasteiger partial charge in [-0.25, -0.2) is 9.59 Å². The van der Waals surface area contributed by atoms with Crippen LogP contribution in [0.15, 0.2) is 42.6 Å². The molecule has 1 N–H and O–H groups in total. The Morgan fingerprint density at radius 1 is 1.08 bits per heavy atom. The number of aromatic nitrogens is 1. The Bertz CT molecular complexity index is 1390. The third-order valence-electron chi connectivity index (χ3n) is 7.85. The number of carbonyl (C=O) groups is 2. The molecule has 2 aliphatic carbocycles. The van der Waals surface area contributed by atoms with Crippen LogP contribution in [0.5, 0.6) is 5.75 Å². The SMILES string of the molecule is COC(=O)c1ccc([C@@H]2C[C@@](C)(O)CC[C@H]2Oc2c(C3CC3)cc(C)c3c2ccn3C(=O)OC(C)(C)C)cc1. The van der Waals surface area contributed by atoms with Gasteiger partial charge in [0.2, 0.25) is 0 Å². The van der Waals surface area contributed by atoms with E-state index < -0.39 is 17.3 Å². The smallest absolute Gasteiger partial charge is 0.419 e. The molecule has 1 aromatic heterocycles. The molecular formula is C32H39NO6. The van der Waals surface area contributed by atoms with Gasteiger partial charge in [-0.2, -0.15) is 0 Å². The van der Waals surface area contributed by atoms with Crippen LogP contribution >= 0.6 is 0 Å². The molecule has 7 nitrogen and oxygen atoms in total. The number of ether oxygens (including phenoxy) is 3. The number of aryl methyl sites for hydroxylation is 1. The van der Waals surface area contributed by atoms with Gasteiger partial charge in [-0.3, -0.25) is 4.57 Å². The lowest BCUT2D eigenvalue weighted by atomic mass is 9.74. The Labute approximate surface area is 230 Å². The number of carbonyl (C=O) groups excluding carboxylic acids is 2. The Kier molecular flexibility index (Phi) is 7.00. The summed E-state index contributed by atoms with van der Waals surface area (Å²) in [6, 6.07) is 11.5. The van der Waals surface area contributed by atoms with Gasteiger partial charge in [-0.05, 0) is 114 Å². The Balaban J connectivity index is 1.54. The van der Waals surface area contributed by atoms with Crippen molar-refractivity contribution in [3.8, 4) is 5.75 Å². The van der Waals surface area contributed by atoms with Gasteiger partial charge in [0.25, 0.3) is 0 Å². The maximum absolute atomic E-state index is 13.1. The number of hydrogen-bond acceptors (Lipinski definition) is 6. The van der Waals surface area contributed by atoms with Crippen molar-refractivity contribution in [1.29, 1.82) is 0 Å². The van der Waals surface area contributed by atoms with Crippen molar-refractivity contribution in [3.63, 3.8) is 0 Å². The molecule has 5 rings (SSSR count). The number of aliphatic hydroxyl groups is 1. The standard InChI is InChI=1S/C32H39NO6/c1-19-17-24(20-7-8-20)28(23-14-16-33(27(19)23)30(35)39-31(2,3)4)38-26-13-15-32(5,36)18-25(26)21-9-11-22(12-10-21)29(34)37-6/h9-12,14,16-17,20,25-26,36H,7-8,13,15,18H2,1-6H3/t25-,26+,32-/m0/s1. The molecule has 208 valence electrons. The summed E-state index contributed by atoms with van der Waals surface area (Å²) in [5.74, 6) is 0.813. The summed E-state index contributed by atoms with van der Waals surface area (Å²) in [7, 11) is 1.37. The van der Waals surface area contributed by atoms with Crippen molar-refractivity contribution in [3.05, 3.63) is 64.8 Å². The molecule has 2 aliphatic rings. The molecule has 0 radical (unpaired) electrons. The summed E-state index contributed by atoms with van der Waals surface area (Å²) in [4.78, 5) is 25.0. The molecular weight excluding hydrogens is 494 g/mol. The molecule has 3 atom stereocenters. The zero-order valence-corrected chi connectivity index (χ0v) is 23.7. The number of rotatable bonds is 5. The van der Waals surface area contributed by atoms with Gasteiger partial charge in [0.15, 0.2) is 0 Å². The monoisotopic (exact) mass is 533 g/mol. The molecule has 39 heavy (non-hydrogen) atoms. The van der Waals surface area contributed by atoms with E-state index in [-0.39, 0.29) is 18.0 Å². The number of methoxy groups -OCH3 is 1. The van der Waals surface area contributed by atoms with Crippen LogP contribution in [0.25, 0.3) is 10.9 Å². The van der Waals surface area contributed by atoms with Crippen LogP contribution in [-0.4, -0.2) is 46.2 Å². The van der Waals surface area contributed by atoms with Gasteiger partial charge >= 0.3 is 12.1 Å². The minimum absolute atomic E-state index is 0.0724. The van der Waals surface area contributed by atoms with E-state index >= 15 is 0 Å². The average molecular weight is 534 g/mol. The molecule has 2 aromatic carbocycles. The quantitative estimate of drug-likeness (QED) is 0.361. The maximum atomic E-state index is 13.1. The summed E-state index contributed by atoms with van der Waals surface area (Å²) >= 11 is 0. The van der Waals surface area contributed by atoms with E-state index in [0.29, 0.717) is 30.7 Å². The van der Waals surface area contributed by atoms with Crippen LogP contribution in [0.1, 0.15) is 98.7 Å². The molecule has 0 amide bonds. The van der Waals surface area contributed by atoms with Crippen LogP contribution in [-0.2, 0) is 9.47 Å². The third-order valence-corrected chi connectivity index (χ3v) is 7.85. The lowest BCUT2D eigenvalue weighted by Crippen LogP contribution is -2.40. The van der Waals surface area contributed by atoms with Crippen molar-refractivity contribution >= 4 is 23.0 Å². The van der Waals surface area contributed by atoms with Crippen LogP contribution in [0.4, 0.5) is 4.79 Å². The molecule has 7 heteroatoms. The van der Waals surface area contributed by atoms with E-state index in [1.165, 1.54) is 12.7 Å². The molecule has 0 aliphatic heterocycles. The summed E-state index contributed by atoms with van der Waals surface area (Å²) < 4.78 is 19.1. The van der Waals surface area contributed by atoms with Gasteiger partial charge in [0.05, 0.1) is 23.8 Å². The third kappa shape index (κ3) is 5.69. The Morgan fingerprint density at radius 3 is 2.38 bits per heavy atom. The fourth-order valence-corrected chi connectivity index (χ4v) is 5.80. The van der Waals surface area contributed by atoms with Gasteiger partial charge in [-0.15, -0.1) is 0 Å². The minimum Gasteiger partial charge on any atom is -0.489 e. The van der Waals surface area contributed by atoms with Gasteiger partial charge in [0.1, 0.15) is 17.5 Å². The van der Waals surface area contributed by atoms with Crippen molar-refractivity contribution in [2.45, 2.75) is 95.9 Å². The second-order valence-corrected chi connectivity index (χ2v) is 12.4. The molecule has 2 saturated carbocycles. The number of esters is 1. The van der Waals surface area contributed by atoms with Crippen LogP contribution in [0.3, 0.4) is 0 Å². The highest BCUT2D eigenvalue weighted by atomic mass is 16.6. The summed E-state index contributed by atoms with van der Waals surface area (Å²) in [6.07, 6.45) is 5.26. The van der Waals surface area contributed by atoms with Crippen molar-refractivity contribution in [2.75, 3.05) is 7.11 Å². The normalized spacial score (nSPS) is 23.5. The number of hydrogen-bond donors (Lipinski definition) is 1. The van der Waals surface area contributed by atoms with E-state index in [1.807, 2.05) is 52.8 Å². The van der Waals surface area contributed by atoms with Gasteiger partial charge in [0, 0.05) is 17.5 Å². The molecule has 2 fully saturated rings. The predicted octanol–water partition coefficient (Wildman–Crippen LogP) is 6.86. The highest BCUT2D eigenvalue weighted by Gasteiger charge is 2.40. The fraction of sp³-hybridized carbons (Fsp3) is 0.500. The molecule has 0 unspecified atom stereocenters. The molecule has 0 spiro atoms. The van der Waals surface area contributed by atoms with E-state index in [0.717, 1.165) is 40.6 Å². The summed E-state index contributed by atoms with van der Waals surface area (Å²) in [6.45, 7) is 9.49. The number of benzene rings is 2. The van der Waals surface area contributed by atoms with E-state index in [1.54, 1.807) is 22.9 Å². The van der Waals surface area contributed by atoms with E-state index in [2.05, 4.69) is 6.07 Å². The highest BCUT2D eigenvalue weighted by Crippen LogP contribution is 2.50. The predicted molar refractivity (Wildman–Crippen MR) is 150 cm³/mol. The lowest BCUT2D eigenvalue weighted by Gasteiger charge is -2.40. The first-order valence-electron chi connectivity index (χ1n) is 13.8. The lowest BCUT2D eigenvalue weighted by molar-refractivity contribution is -0.0233. The minimum atomic E-state index is -0.812. The second kappa shape index (κ2) is 10.0. The highest BCUT2D eigenvalue weighted by molar-refractivity contribution is 5.96. The van der Waals surface area contributed by atoms with E-state index in [4.69, 9.17) is 14.2 Å². The zero-order chi connectivity index (χ0) is 28.1. The zero-order valence-electron chi connectivity index (χ0n) is 23.7. The molecule has 1 heterocycles. The molecule has 0 saturated heterocycles. The van der Waals surface area contributed by atoms with Crippen molar-refractivity contribution in [2.24, 2.45) is 0 Å². The van der Waals surface area contributed by atoms with E-state index in [9.17, 15) is 14.7 Å². The number of nitrogens with zero attached hydrogens (tertiary/aromatic N) is 1. The molecule has 0 bridgehead atoms. The average Bonchev–Trinajstić information content (AvgIpc) is 3.62. The number of fused-ring (bicyclic) bond motifs is 1. The van der Waals surface area contributed by atoms with Gasteiger partial charge < -0.3 is 19.3 Å². The first-order chi connectivity index (χ1) is 18.4. The van der Waals surface area contributed by atoms with Crippen LogP contribution in [0, 0.1) is 6.92 Å². The first kappa shape index (κ1) is 27.3. The maximum Gasteiger partial charge on any atom is 0.419 e. The fourth-order valence-electron chi connectivity index (χ4n) is 5.80. The van der Waals surface area contributed by atoms with Crippen molar-refractivity contribution in [1.82, 2.24) is 4.57 Å². The largest absolute Gasteiger partial charge is 0.489 e. The Morgan fingerprint density at radius 2 is 1.77 bits per heavy atom. The Hall–Kier alpha value is -3.32. The topological polar surface area (TPSA) is 87.0 Å². The van der Waals surface area contributed by atoms with Gasteiger partial charge in [-0.1, -0.05) is 12.1 Å². The van der Waals surface area contributed by atoms with Crippen LogP contribution < -0.4 is 4.74 Å². The molecule has 3 aromatic rings. The first-order valence-corrected chi connectivity index (χ1v) is 13.8. The second-order valence-electron chi connectivity index (χ2n) is 12.4. The summed E-state index contributed by atoms with van der Waals surface area (Å²) in [5.41, 5.74) is 3.07. The van der Waals surface area contributed by atoms with Crippen molar-refractivity contribution < 1.29 is 28.9 Å².